The van der Waals surface area contributed by atoms with Crippen molar-refractivity contribution < 1.29 is 37.3 Å². The molecule has 0 aliphatic carbocycles. The highest BCUT2D eigenvalue weighted by Crippen LogP contribution is 2.54. The maximum atomic E-state index is 15.4. The topological polar surface area (TPSA) is 143 Å². The van der Waals surface area contributed by atoms with Crippen molar-refractivity contribution >= 4 is 28.5 Å². The minimum Gasteiger partial charge on any atom is -0.465 e. The van der Waals surface area contributed by atoms with Crippen molar-refractivity contribution in [2.24, 2.45) is 5.92 Å². The van der Waals surface area contributed by atoms with Gasteiger partial charge in [-0.05, 0) is 95.0 Å². The minimum atomic E-state index is -3.01. The van der Waals surface area contributed by atoms with E-state index in [2.05, 4.69) is 16.0 Å². The van der Waals surface area contributed by atoms with Crippen LogP contribution in [-0.2, 0) is 16.0 Å². The summed E-state index contributed by atoms with van der Waals surface area (Å²) in [6, 6.07) is 8.71. The van der Waals surface area contributed by atoms with E-state index in [4.69, 9.17) is 4.74 Å². The number of ether oxygens (including phenoxy) is 1. The van der Waals surface area contributed by atoms with Gasteiger partial charge >= 0.3 is 6.09 Å². The summed E-state index contributed by atoms with van der Waals surface area (Å²) in [6.07, 6.45) is 1.62. The number of hydrogen-bond acceptors (Lipinski definition) is 7. The molecular weight excluding hydrogens is 618 g/mol. The Bertz CT molecular complexity index is 1370. The Kier molecular flexibility index (Phi) is 10.9. The third-order valence-corrected chi connectivity index (χ3v) is 12.2. The first-order valence-corrected chi connectivity index (χ1v) is 17.7. The molecule has 3 aliphatic rings. The predicted octanol–water partition coefficient (Wildman–Crippen LogP) is 5.95. The summed E-state index contributed by atoms with van der Waals surface area (Å²) >= 11 is 0. The molecule has 10 nitrogen and oxygen atoms in total. The van der Waals surface area contributed by atoms with Gasteiger partial charge in [0.05, 0.1) is 17.5 Å². The second-order valence-electron chi connectivity index (χ2n) is 13.1. The van der Waals surface area contributed by atoms with Gasteiger partial charge in [-0.25, -0.2) is 17.9 Å². The van der Waals surface area contributed by atoms with Crippen molar-refractivity contribution in [3.8, 4) is 0 Å². The Morgan fingerprint density at radius 2 is 1.76 bits per heavy atom. The molecule has 254 valence electrons. The number of nitrogens with one attached hydrogen (secondary N) is 3. The number of anilines is 1. The summed E-state index contributed by atoms with van der Waals surface area (Å²) < 4.78 is 59.2. The van der Waals surface area contributed by atoms with Gasteiger partial charge in [0.1, 0.15) is 17.7 Å². The molecule has 9 atom stereocenters. The van der Waals surface area contributed by atoms with Crippen molar-refractivity contribution in [3.63, 3.8) is 0 Å². The van der Waals surface area contributed by atoms with Crippen LogP contribution in [0.15, 0.2) is 42.5 Å². The number of nitrogens with zero attached hydrogens (tertiary/aromatic N) is 1. The molecule has 46 heavy (non-hydrogen) atoms. The number of piperazine rings is 1. The standard InChI is InChI=1S/C33H46F2N4O6S/c1-19-15-23(16-20(2)45-19)30(22-8-10-24(34)11-9-22)31(38-33(41)42)32(40)37-29-6-4-5-28(35)27(29)14-13-26-17-36-25-12-7-21(3)46(43,44)39(26)18-25/h4-6,8-11,19-21,23,25-26,30-31,36,38,43-44H,7,12-18H2,1-3H3,(H,37,40)(H,41,42)/t19-,20+,21?,23?,25-,26+,30+,31+/m1/s1. The van der Waals surface area contributed by atoms with E-state index in [1.807, 2.05) is 20.8 Å². The smallest absolute Gasteiger partial charge is 0.405 e. The van der Waals surface area contributed by atoms with Gasteiger partial charge in [-0.3, -0.25) is 13.9 Å². The molecule has 5 rings (SSSR count). The summed E-state index contributed by atoms with van der Waals surface area (Å²) in [4.78, 5) is 26.1. The van der Waals surface area contributed by atoms with Crippen molar-refractivity contribution in [2.75, 3.05) is 18.4 Å². The average molecular weight is 665 g/mol. The highest BCUT2D eigenvalue weighted by Gasteiger charge is 2.42. The van der Waals surface area contributed by atoms with Crippen LogP contribution in [-0.4, -0.2) is 79.2 Å². The van der Waals surface area contributed by atoms with Gasteiger partial charge in [-0.1, -0.05) is 18.2 Å². The number of amides is 2. The first kappa shape index (κ1) is 34.5. The molecule has 3 heterocycles. The van der Waals surface area contributed by atoms with Crippen LogP contribution in [0.25, 0.3) is 0 Å². The summed E-state index contributed by atoms with van der Waals surface area (Å²) in [7, 11) is -3.01. The van der Waals surface area contributed by atoms with E-state index in [1.165, 1.54) is 24.3 Å². The number of hydrogen-bond donors (Lipinski definition) is 6. The van der Waals surface area contributed by atoms with Crippen molar-refractivity contribution in [2.45, 2.75) is 101 Å². The van der Waals surface area contributed by atoms with Gasteiger partial charge in [0.25, 0.3) is 0 Å². The molecule has 13 heteroatoms. The first-order chi connectivity index (χ1) is 21.8. The van der Waals surface area contributed by atoms with Crippen molar-refractivity contribution in [3.05, 3.63) is 65.2 Å². The quantitative estimate of drug-likeness (QED) is 0.193. The van der Waals surface area contributed by atoms with E-state index >= 15 is 4.39 Å². The largest absolute Gasteiger partial charge is 0.465 e. The van der Waals surface area contributed by atoms with Gasteiger partial charge in [0.2, 0.25) is 5.91 Å². The van der Waals surface area contributed by atoms with Crippen LogP contribution in [0, 0.1) is 17.6 Å². The molecule has 2 aromatic rings. The van der Waals surface area contributed by atoms with Gasteiger partial charge in [-0.15, -0.1) is 10.8 Å². The number of fused-ring (bicyclic) bond motifs is 2. The number of carboxylic acid groups (broad SMARTS) is 1. The zero-order valence-electron chi connectivity index (χ0n) is 26.5. The van der Waals surface area contributed by atoms with Gasteiger partial charge < -0.3 is 25.8 Å². The Hall–Kier alpha value is -2.81. The second kappa shape index (κ2) is 14.5. The lowest BCUT2D eigenvalue weighted by atomic mass is 9.74. The Balaban J connectivity index is 1.41. The normalized spacial score (nSPS) is 31.2. The fourth-order valence-corrected chi connectivity index (χ4v) is 9.44. The number of carbonyl (C=O) groups is 2. The molecule has 3 fully saturated rings. The summed E-state index contributed by atoms with van der Waals surface area (Å²) in [5.74, 6) is -2.46. The molecule has 3 unspecified atom stereocenters. The van der Waals surface area contributed by atoms with Crippen LogP contribution < -0.4 is 16.0 Å². The molecule has 3 aliphatic heterocycles. The van der Waals surface area contributed by atoms with Gasteiger partial charge in [0, 0.05) is 42.3 Å². The van der Waals surface area contributed by atoms with Gasteiger partial charge in [0.15, 0.2) is 0 Å². The second-order valence-corrected chi connectivity index (χ2v) is 15.5. The third kappa shape index (κ3) is 7.83. The van der Waals surface area contributed by atoms with E-state index in [9.17, 15) is 28.2 Å². The maximum absolute atomic E-state index is 15.4. The molecule has 0 radical (unpaired) electrons. The lowest BCUT2D eigenvalue weighted by molar-refractivity contribution is -0.120. The summed E-state index contributed by atoms with van der Waals surface area (Å²) in [5, 5.41) is 18.3. The first-order valence-electron chi connectivity index (χ1n) is 16.1. The molecule has 2 aromatic carbocycles. The van der Waals surface area contributed by atoms with Crippen LogP contribution in [0.5, 0.6) is 0 Å². The van der Waals surface area contributed by atoms with Crippen LogP contribution in [0.1, 0.15) is 69.9 Å². The number of benzene rings is 2. The molecule has 0 saturated carbocycles. The lowest BCUT2D eigenvalue weighted by Crippen LogP contribution is -2.56. The minimum absolute atomic E-state index is 0.129. The van der Waals surface area contributed by atoms with E-state index in [1.54, 1.807) is 22.5 Å². The zero-order chi connectivity index (χ0) is 33.2. The molecule has 0 spiro atoms. The highest BCUT2D eigenvalue weighted by atomic mass is 32.3. The van der Waals surface area contributed by atoms with E-state index in [0.29, 0.717) is 44.3 Å². The fourth-order valence-electron chi connectivity index (χ4n) is 7.50. The summed E-state index contributed by atoms with van der Waals surface area (Å²) in [6.45, 7) is 6.72. The zero-order valence-corrected chi connectivity index (χ0v) is 27.3. The van der Waals surface area contributed by atoms with Crippen LogP contribution >= 0.6 is 10.8 Å². The Labute approximate surface area is 270 Å². The molecule has 6 N–H and O–H groups in total. The molecule has 2 bridgehead atoms. The number of halogens is 2. The number of rotatable bonds is 9. The molecule has 3 saturated heterocycles. The van der Waals surface area contributed by atoms with E-state index < -0.39 is 46.4 Å². The van der Waals surface area contributed by atoms with E-state index in [0.717, 1.165) is 6.42 Å². The number of carbonyl (C=O) groups excluding carboxylic acids is 1. The van der Waals surface area contributed by atoms with Crippen molar-refractivity contribution in [1.29, 1.82) is 0 Å². The van der Waals surface area contributed by atoms with Crippen LogP contribution in [0.3, 0.4) is 0 Å². The Morgan fingerprint density at radius 1 is 1.07 bits per heavy atom. The third-order valence-electron chi connectivity index (χ3n) is 9.78. The average Bonchev–Trinajstić information content (AvgIpc) is 3.07. The van der Waals surface area contributed by atoms with Crippen LogP contribution in [0.2, 0.25) is 0 Å². The van der Waals surface area contributed by atoms with Crippen molar-refractivity contribution in [1.82, 2.24) is 14.9 Å². The highest BCUT2D eigenvalue weighted by molar-refractivity contribution is 8.22. The van der Waals surface area contributed by atoms with E-state index in [-0.39, 0.29) is 53.1 Å². The van der Waals surface area contributed by atoms with Gasteiger partial charge in [-0.2, -0.15) is 0 Å². The fraction of sp³-hybridized carbons (Fsp3) is 0.576. The molecule has 0 aromatic heterocycles. The monoisotopic (exact) mass is 664 g/mol. The molecular formula is C33H46F2N4O6S. The predicted molar refractivity (Wildman–Crippen MR) is 174 cm³/mol. The Morgan fingerprint density at radius 3 is 2.43 bits per heavy atom. The SMILES string of the molecule is CC1CC[C@@H]2CN([C@@H](CCc3c(F)cccc3NC(=O)[C@@H](NC(=O)O)[C@@H](c3ccc(F)cc3)C3C[C@@H](C)O[C@@H](C)C3)CN2)S1(O)O. The maximum Gasteiger partial charge on any atom is 0.405 e. The summed E-state index contributed by atoms with van der Waals surface area (Å²) in [5.41, 5.74) is 1.07. The lowest BCUT2D eigenvalue weighted by Gasteiger charge is -2.51. The van der Waals surface area contributed by atoms with Crippen LogP contribution in [0.4, 0.5) is 19.3 Å². The molecule has 2 amide bonds.